The first-order valence-electron chi connectivity index (χ1n) is 33.6. The molecule has 0 aromatic heterocycles. The van der Waals surface area contributed by atoms with Gasteiger partial charge < -0.3 is 20.3 Å². The third-order valence-corrected chi connectivity index (χ3v) is 15.7. The van der Waals surface area contributed by atoms with Crippen LogP contribution in [0.4, 0.5) is 0 Å². The topological polar surface area (TPSA) is 95.9 Å². The van der Waals surface area contributed by atoms with Gasteiger partial charge in [0.05, 0.1) is 25.4 Å². The molecule has 2 unspecified atom stereocenters. The Labute approximate surface area is 462 Å². The number of hydrogen-bond donors (Lipinski definition) is 3. The molecule has 0 saturated heterocycles. The summed E-state index contributed by atoms with van der Waals surface area (Å²) in [6.07, 6.45) is 79.2. The standard InChI is InChI=1S/C68H131NO5/c1-3-5-7-9-11-13-15-17-18-19-31-34-37-40-44-48-52-56-60-66(71)65(64-70)69-67(72)61-57-53-49-45-41-38-35-32-29-27-25-23-21-20-22-24-26-28-30-33-36-39-43-47-51-55-59-63-74-68(73)62-58-54-50-46-42-16-14-12-10-8-6-4-2/h12,14,20-21,65-66,70-71H,3-11,13,15-19,22-64H2,1-2H3,(H,69,72)/b14-12-,21-20-. The maximum Gasteiger partial charge on any atom is 0.305 e. The number of nitrogens with one attached hydrogen (secondary N) is 1. The number of aliphatic hydroxyl groups is 2. The number of carbonyl (C=O) groups excluding carboxylic acids is 2. The fraction of sp³-hybridized carbons (Fsp3) is 0.912. The van der Waals surface area contributed by atoms with Crippen LogP contribution in [0.2, 0.25) is 0 Å². The fourth-order valence-electron chi connectivity index (χ4n) is 10.6. The number of aliphatic hydroxyl groups excluding tert-OH is 2. The van der Waals surface area contributed by atoms with Gasteiger partial charge in [0.15, 0.2) is 0 Å². The quantitative estimate of drug-likeness (QED) is 0.0320. The average Bonchev–Trinajstić information content (AvgIpc) is 3.40. The monoisotopic (exact) mass is 1040 g/mol. The van der Waals surface area contributed by atoms with E-state index >= 15 is 0 Å². The van der Waals surface area contributed by atoms with Crippen LogP contribution in [0.15, 0.2) is 24.3 Å². The molecule has 0 aromatic carbocycles. The van der Waals surface area contributed by atoms with Crippen LogP contribution >= 0.6 is 0 Å². The smallest absolute Gasteiger partial charge is 0.305 e. The van der Waals surface area contributed by atoms with Crippen molar-refractivity contribution < 1.29 is 24.5 Å². The molecular formula is C68H131NO5. The molecule has 0 saturated carbocycles. The van der Waals surface area contributed by atoms with Crippen LogP contribution in [0.25, 0.3) is 0 Å². The summed E-state index contributed by atoms with van der Waals surface area (Å²) in [4.78, 5) is 24.5. The predicted molar refractivity (Wildman–Crippen MR) is 324 cm³/mol. The van der Waals surface area contributed by atoms with E-state index in [4.69, 9.17) is 4.74 Å². The van der Waals surface area contributed by atoms with Gasteiger partial charge in [-0.05, 0) is 77.0 Å². The van der Waals surface area contributed by atoms with Crippen molar-refractivity contribution in [2.45, 2.75) is 386 Å². The number of ether oxygens (including phenoxy) is 1. The highest BCUT2D eigenvalue weighted by Gasteiger charge is 2.20. The first kappa shape index (κ1) is 72.3. The van der Waals surface area contributed by atoms with Crippen molar-refractivity contribution in [1.29, 1.82) is 0 Å². The van der Waals surface area contributed by atoms with Crippen LogP contribution in [0.3, 0.4) is 0 Å². The van der Waals surface area contributed by atoms with Crippen molar-refractivity contribution in [3.05, 3.63) is 24.3 Å². The molecule has 0 aliphatic rings. The number of carbonyl (C=O) groups is 2. The van der Waals surface area contributed by atoms with Crippen LogP contribution < -0.4 is 5.32 Å². The third-order valence-electron chi connectivity index (χ3n) is 15.7. The van der Waals surface area contributed by atoms with Gasteiger partial charge in [0.25, 0.3) is 0 Å². The molecule has 0 fully saturated rings. The molecule has 0 spiro atoms. The van der Waals surface area contributed by atoms with Crippen LogP contribution in [0.5, 0.6) is 0 Å². The highest BCUT2D eigenvalue weighted by molar-refractivity contribution is 5.76. The summed E-state index contributed by atoms with van der Waals surface area (Å²) in [5, 5.41) is 23.4. The first-order chi connectivity index (χ1) is 36.5. The zero-order valence-electron chi connectivity index (χ0n) is 50.1. The lowest BCUT2D eigenvalue weighted by Gasteiger charge is -2.22. The number of rotatable bonds is 63. The summed E-state index contributed by atoms with van der Waals surface area (Å²) in [7, 11) is 0. The van der Waals surface area contributed by atoms with E-state index in [1.165, 1.54) is 295 Å². The third kappa shape index (κ3) is 59.6. The zero-order chi connectivity index (χ0) is 53.6. The van der Waals surface area contributed by atoms with Crippen LogP contribution in [-0.4, -0.2) is 47.4 Å². The Morgan fingerprint density at radius 1 is 0.365 bits per heavy atom. The van der Waals surface area contributed by atoms with Crippen LogP contribution in [-0.2, 0) is 14.3 Å². The van der Waals surface area contributed by atoms with Gasteiger partial charge in [-0.3, -0.25) is 9.59 Å². The van der Waals surface area contributed by atoms with Gasteiger partial charge in [-0.15, -0.1) is 0 Å². The van der Waals surface area contributed by atoms with Crippen molar-refractivity contribution in [1.82, 2.24) is 5.32 Å². The Morgan fingerprint density at radius 3 is 0.986 bits per heavy atom. The number of unbranched alkanes of at least 4 members (excludes halogenated alkanes) is 48. The van der Waals surface area contributed by atoms with Gasteiger partial charge >= 0.3 is 5.97 Å². The molecule has 0 radical (unpaired) electrons. The van der Waals surface area contributed by atoms with Gasteiger partial charge in [-0.1, -0.05) is 308 Å². The second-order valence-corrected chi connectivity index (χ2v) is 23.1. The first-order valence-corrected chi connectivity index (χ1v) is 33.6. The molecule has 0 aliphatic carbocycles. The van der Waals surface area contributed by atoms with Gasteiger partial charge in [0.2, 0.25) is 5.91 Å². The summed E-state index contributed by atoms with van der Waals surface area (Å²) in [6.45, 7) is 4.96. The fourth-order valence-corrected chi connectivity index (χ4v) is 10.6. The Hall–Kier alpha value is -1.66. The molecule has 6 nitrogen and oxygen atoms in total. The number of amides is 1. The lowest BCUT2D eigenvalue weighted by Crippen LogP contribution is -2.45. The molecule has 6 heteroatoms. The second-order valence-electron chi connectivity index (χ2n) is 23.1. The normalized spacial score (nSPS) is 12.6. The Balaban J connectivity index is 3.39. The molecule has 74 heavy (non-hydrogen) atoms. The van der Waals surface area contributed by atoms with Crippen molar-refractivity contribution >= 4 is 11.9 Å². The highest BCUT2D eigenvalue weighted by atomic mass is 16.5. The van der Waals surface area contributed by atoms with E-state index in [1.807, 2.05) is 0 Å². The molecule has 2 atom stereocenters. The molecular weight excluding hydrogens is 911 g/mol. The second kappa shape index (κ2) is 63.9. The average molecular weight is 1040 g/mol. The molecule has 0 aromatic rings. The van der Waals surface area contributed by atoms with Gasteiger partial charge in [0.1, 0.15) is 0 Å². The Kier molecular flexibility index (Phi) is 62.4. The zero-order valence-corrected chi connectivity index (χ0v) is 50.1. The van der Waals surface area contributed by atoms with Crippen LogP contribution in [0, 0.1) is 0 Å². The van der Waals surface area contributed by atoms with Crippen LogP contribution in [0.1, 0.15) is 373 Å². The number of hydrogen-bond acceptors (Lipinski definition) is 5. The highest BCUT2D eigenvalue weighted by Crippen LogP contribution is 2.18. The summed E-state index contributed by atoms with van der Waals surface area (Å²) in [5.74, 6) is -0.0269. The van der Waals surface area contributed by atoms with E-state index in [9.17, 15) is 19.8 Å². The number of esters is 1. The summed E-state index contributed by atoms with van der Waals surface area (Å²) in [5.41, 5.74) is 0. The minimum Gasteiger partial charge on any atom is -0.466 e. The van der Waals surface area contributed by atoms with Gasteiger partial charge in [-0.25, -0.2) is 0 Å². The maximum atomic E-state index is 12.5. The SMILES string of the molecule is CCCCC/C=C\CCCCCCCC(=O)OCCCCCCCCCCCCCC/C=C\CCCCCCCCCCCCCC(=O)NC(CO)C(O)CCCCCCCCCCCCCCCCCCCC. The predicted octanol–water partition coefficient (Wildman–Crippen LogP) is 21.4. The molecule has 0 bridgehead atoms. The van der Waals surface area contributed by atoms with E-state index in [2.05, 4.69) is 43.5 Å². The van der Waals surface area contributed by atoms with E-state index in [1.54, 1.807) is 0 Å². The Morgan fingerprint density at radius 2 is 0.635 bits per heavy atom. The van der Waals surface area contributed by atoms with Crippen molar-refractivity contribution in [2.75, 3.05) is 13.2 Å². The molecule has 438 valence electrons. The van der Waals surface area contributed by atoms with Gasteiger partial charge in [-0.2, -0.15) is 0 Å². The van der Waals surface area contributed by atoms with Gasteiger partial charge in [0, 0.05) is 12.8 Å². The molecule has 0 aliphatic heterocycles. The summed E-state index contributed by atoms with van der Waals surface area (Å²) >= 11 is 0. The summed E-state index contributed by atoms with van der Waals surface area (Å²) in [6, 6.07) is -0.542. The largest absolute Gasteiger partial charge is 0.466 e. The molecule has 0 rings (SSSR count). The number of allylic oxidation sites excluding steroid dienone is 4. The molecule has 1 amide bonds. The van der Waals surface area contributed by atoms with E-state index in [-0.39, 0.29) is 18.5 Å². The van der Waals surface area contributed by atoms with E-state index in [0.717, 1.165) is 44.9 Å². The van der Waals surface area contributed by atoms with Crippen molar-refractivity contribution in [2.24, 2.45) is 0 Å². The lowest BCUT2D eigenvalue weighted by molar-refractivity contribution is -0.143. The van der Waals surface area contributed by atoms with E-state index < -0.39 is 12.1 Å². The van der Waals surface area contributed by atoms with Crippen molar-refractivity contribution in [3.63, 3.8) is 0 Å². The summed E-state index contributed by atoms with van der Waals surface area (Å²) < 4.78 is 5.47. The molecule has 0 heterocycles. The maximum absolute atomic E-state index is 12.5. The van der Waals surface area contributed by atoms with E-state index in [0.29, 0.717) is 25.9 Å². The minimum absolute atomic E-state index is 0.00548. The Bertz CT molecular complexity index is 1150. The lowest BCUT2D eigenvalue weighted by atomic mass is 10.0. The van der Waals surface area contributed by atoms with Crippen molar-refractivity contribution in [3.8, 4) is 0 Å². The molecule has 3 N–H and O–H groups in total. The minimum atomic E-state index is -0.665.